The molecule has 0 heterocycles. The van der Waals surface area contributed by atoms with Crippen molar-refractivity contribution in [2.45, 2.75) is 271 Å². The number of carbonyl (C=O) groups is 2. The SMILES string of the molecule is CCCC/C=C\CCCCCCCCOCC(COC(=O)CCCCCCCC/C=C\C/C=C\C/C=C\CCCCC)OC(=O)CCCCCCCCC/C=C\C/C=C\CCCCC. The van der Waals surface area contributed by atoms with Crippen LogP contribution in [-0.2, 0) is 23.8 Å². The number of unbranched alkanes of at least 4 members (excludes halogenated alkanes) is 27. The lowest BCUT2D eigenvalue weighted by Gasteiger charge is -2.18. The number of esters is 2. The molecule has 0 saturated heterocycles. The van der Waals surface area contributed by atoms with E-state index in [1.54, 1.807) is 0 Å². The van der Waals surface area contributed by atoms with Crippen LogP contribution in [0.1, 0.15) is 265 Å². The Bertz CT molecular complexity index is 1150. The molecule has 0 aliphatic rings. The van der Waals surface area contributed by atoms with Gasteiger partial charge >= 0.3 is 11.9 Å². The van der Waals surface area contributed by atoms with Crippen molar-refractivity contribution in [1.29, 1.82) is 0 Å². The Balaban J connectivity index is 4.28. The van der Waals surface area contributed by atoms with Gasteiger partial charge in [0.15, 0.2) is 6.10 Å². The van der Waals surface area contributed by atoms with Gasteiger partial charge in [-0.2, -0.15) is 0 Å². The number of hydrogen-bond donors (Lipinski definition) is 0. The first-order valence-electron chi connectivity index (χ1n) is 27.5. The van der Waals surface area contributed by atoms with Gasteiger partial charge in [-0.3, -0.25) is 9.59 Å². The Kier molecular flexibility index (Phi) is 52.4. The molecule has 370 valence electrons. The van der Waals surface area contributed by atoms with Crippen molar-refractivity contribution in [3.8, 4) is 0 Å². The molecule has 0 saturated carbocycles. The van der Waals surface area contributed by atoms with E-state index in [0.29, 0.717) is 19.4 Å². The van der Waals surface area contributed by atoms with E-state index in [4.69, 9.17) is 14.2 Å². The minimum Gasteiger partial charge on any atom is -0.462 e. The Hall–Kier alpha value is -2.66. The highest BCUT2D eigenvalue weighted by Gasteiger charge is 2.17. The van der Waals surface area contributed by atoms with Crippen molar-refractivity contribution in [3.63, 3.8) is 0 Å². The summed E-state index contributed by atoms with van der Waals surface area (Å²) in [6.45, 7) is 7.73. The van der Waals surface area contributed by atoms with Gasteiger partial charge in [-0.25, -0.2) is 0 Å². The third-order valence-corrected chi connectivity index (χ3v) is 11.7. The van der Waals surface area contributed by atoms with Crippen molar-refractivity contribution < 1.29 is 23.8 Å². The van der Waals surface area contributed by atoms with Gasteiger partial charge in [-0.15, -0.1) is 0 Å². The van der Waals surface area contributed by atoms with Crippen LogP contribution in [0.5, 0.6) is 0 Å². The van der Waals surface area contributed by atoms with Crippen LogP contribution in [0.15, 0.2) is 72.9 Å². The van der Waals surface area contributed by atoms with Crippen LogP contribution in [0, 0.1) is 0 Å². The smallest absolute Gasteiger partial charge is 0.306 e. The molecule has 0 aromatic carbocycles. The lowest BCUT2D eigenvalue weighted by molar-refractivity contribution is -0.163. The zero-order valence-electron chi connectivity index (χ0n) is 42.5. The second-order valence-corrected chi connectivity index (χ2v) is 18.1. The van der Waals surface area contributed by atoms with Gasteiger partial charge in [0.25, 0.3) is 0 Å². The second-order valence-electron chi connectivity index (χ2n) is 18.1. The number of hydrogen-bond acceptors (Lipinski definition) is 5. The fraction of sp³-hybridized carbons (Fsp3) is 0.763. The van der Waals surface area contributed by atoms with E-state index in [-0.39, 0.29) is 25.2 Å². The van der Waals surface area contributed by atoms with Crippen LogP contribution in [-0.4, -0.2) is 37.9 Å². The largest absolute Gasteiger partial charge is 0.462 e. The number of ether oxygens (including phenoxy) is 3. The third kappa shape index (κ3) is 52.0. The molecule has 0 amide bonds. The van der Waals surface area contributed by atoms with E-state index < -0.39 is 6.10 Å². The summed E-state index contributed by atoms with van der Waals surface area (Å²) < 4.78 is 17.4. The molecule has 0 aromatic rings. The molecule has 0 aromatic heterocycles. The lowest BCUT2D eigenvalue weighted by Crippen LogP contribution is -2.30. The summed E-state index contributed by atoms with van der Waals surface area (Å²) in [6.07, 6.45) is 70.5. The van der Waals surface area contributed by atoms with Crippen molar-refractivity contribution in [2.75, 3.05) is 19.8 Å². The number of allylic oxidation sites excluding steroid dienone is 12. The topological polar surface area (TPSA) is 61.8 Å². The molecular formula is C59H104O5. The number of rotatable bonds is 50. The Labute approximate surface area is 397 Å². The van der Waals surface area contributed by atoms with E-state index in [2.05, 4.69) is 93.7 Å². The molecular weight excluding hydrogens is 789 g/mol. The van der Waals surface area contributed by atoms with E-state index in [1.165, 1.54) is 154 Å². The average Bonchev–Trinajstić information content (AvgIpc) is 3.30. The summed E-state index contributed by atoms with van der Waals surface area (Å²) in [5.74, 6) is -0.419. The summed E-state index contributed by atoms with van der Waals surface area (Å²) >= 11 is 0. The van der Waals surface area contributed by atoms with E-state index in [0.717, 1.165) is 77.0 Å². The van der Waals surface area contributed by atoms with Crippen molar-refractivity contribution in [2.24, 2.45) is 0 Å². The minimum absolute atomic E-state index is 0.0713. The maximum Gasteiger partial charge on any atom is 0.306 e. The Morgan fingerprint density at radius 2 is 0.672 bits per heavy atom. The molecule has 5 nitrogen and oxygen atoms in total. The summed E-state index contributed by atoms with van der Waals surface area (Å²) in [6, 6.07) is 0. The fourth-order valence-electron chi connectivity index (χ4n) is 7.53. The quantitative estimate of drug-likeness (QED) is 0.0346. The van der Waals surface area contributed by atoms with Crippen molar-refractivity contribution in [3.05, 3.63) is 72.9 Å². The van der Waals surface area contributed by atoms with Gasteiger partial charge in [0, 0.05) is 19.4 Å². The molecule has 0 spiro atoms. The normalized spacial score (nSPS) is 12.7. The van der Waals surface area contributed by atoms with Crippen LogP contribution in [0.3, 0.4) is 0 Å². The maximum absolute atomic E-state index is 12.8. The predicted molar refractivity (Wildman–Crippen MR) is 279 cm³/mol. The monoisotopic (exact) mass is 893 g/mol. The van der Waals surface area contributed by atoms with Gasteiger partial charge in [0.2, 0.25) is 0 Å². The van der Waals surface area contributed by atoms with Crippen LogP contribution in [0.4, 0.5) is 0 Å². The molecule has 0 fully saturated rings. The van der Waals surface area contributed by atoms with Gasteiger partial charge in [-0.05, 0) is 109 Å². The van der Waals surface area contributed by atoms with Gasteiger partial charge in [0.05, 0.1) is 6.61 Å². The zero-order chi connectivity index (χ0) is 46.3. The van der Waals surface area contributed by atoms with E-state index >= 15 is 0 Å². The molecule has 1 unspecified atom stereocenters. The summed E-state index contributed by atoms with van der Waals surface area (Å²) in [5, 5.41) is 0. The standard InChI is InChI=1S/C59H104O5/c1-4-7-10-13-16-19-22-25-27-29-30-32-33-35-37-40-43-46-49-52-58(60)63-56-57(55-62-54-51-48-45-42-39-24-21-18-15-12-9-6-3)64-59(61)53-50-47-44-41-38-36-34-31-28-26-23-20-17-14-11-8-5-2/h15-20,25-28,30,32,57H,4-14,21-24,29,31,33-56H2,1-3H3/b18-15-,19-16-,20-17-,27-25-,28-26-,32-30-. The minimum atomic E-state index is -0.551. The van der Waals surface area contributed by atoms with Crippen molar-refractivity contribution >= 4 is 11.9 Å². The Morgan fingerprint density at radius 3 is 1.11 bits per heavy atom. The summed E-state index contributed by atoms with van der Waals surface area (Å²) in [7, 11) is 0. The average molecular weight is 893 g/mol. The fourth-order valence-corrected chi connectivity index (χ4v) is 7.53. The third-order valence-electron chi connectivity index (χ3n) is 11.7. The highest BCUT2D eigenvalue weighted by Crippen LogP contribution is 2.14. The van der Waals surface area contributed by atoms with Gasteiger partial charge in [-0.1, -0.05) is 216 Å². The summed E-state index contributed by atoms with van der Waals surface area (Å²) in [5.41, 5.74) is 0. The molecule has 0 aliphatic carbocycles. The molecule has 0 bridgehead atoms. The first-order chi connectivity index (χ1) is 31.6. The highest BCUT2D eigenvalue weighted by molar-refractivity contribution is 5.70. The predicted octanol–water partition coefficient (Wildman–Crippen LogP) is 18.7. The molecule has 5 heteroatoms. The molecule has 0 rings (SSSR count). The summed E-state index contributed by atoms with van der Waals surface area (Å²) in [4.78, 5) is 25.5. The molecule has 0 N–H and O–H groups in total. The highest BCUT2D eigenvalue weighted by atomic mass is 16.6. The molecule has 0 aliphatic heterocycles. The number of carbonyl (C=O) groups excluding carboxylic acids is 2. The second kappa shape index (κ2) is 54.7. The van der Waals surface area contributed by atoms with Gasteiger partial charge < -0.3 is 14.2 Å². The Morgan fingerprint density at radius 1 is 0.344 bits per heavy atom. The molecule has 0 radical (unpaired) electrons. The van der Waals surface area contributed by atoms with E-state index in [1.807, 2.05) is 0 Å². The van der Waals surface area contributed by atoms with Crippen LogP contribution in [0.25, 0.3) is 0 Å². The zero-order valence-corrected chi connectivity index (χ0v) is 42.5. The lowest BCUT2D eigenvalue weighted by atomic mass is 10.1. The van der Waals surface area contributed by atoms with Crippen LogP contribution >= 0.6 is 0 Å². The molecule has 1 atom stereocenters. The van der Waals surface area contributed by atoms with Crippen LogP contribution in [0.2, 0.25) is 0 Å². The van der Waals surface area contributed by atoms with Crippen molar-refractivity contribution in [1.82, 2.24) is 0 Å². The van der Waals surface area contributed by atoms with Crippen LogP contribution < -0.4 is 0 Å². The molecule has 64 heavy (non-hydrogen) atoms. The van der Waals surface area contributed by atoms with E-state index in [9.17, 15) is 9.59 Å². The first-order valence-corrected chi connectivity index (χ1v) is 27.5. The van der Waals surface area contributed by atoms with Gasteiger partial charge in [0.1, 0.15) is 6.61 Å². The maximum atomic E-state index is 12.8. The first kappa shape index (κ1) is 61.3.